The van der Waals surface area contributed by atoms with E-state index in [-0.39, 0.29) is 10.2 Å². The number of benzene rings is 2. The Morgan fingerprint density at radius 1 is 0.840 bits per heavy atom. The summed E-state index contributed by atoms with van der Waals surface area (Å²) >= 11 is 16.9. The van der Waals surface area contributed by atoms with Crippen LogP contribution in [0.25, 0.3) is 21.9 Å². The van der Waals surface area contributed by atoms with Gasteiger partial charge in [0.1, 0.15) is 11.2 Å². The molecule has 0 atom stereocenters. The van der Waals surface area contributed by atoms with Gasteiger partial charge in [-0.05, 0) is 48.7 Å². The highest BCUT2D eigenvalue weighted by atomic mass is 79.9. The second-order valence-electron chi connectivity index (χ2n) is 5.34. The van der Waals surface area contributed by atoms with Crippen molar-refractivity contribution in [1.82, 2.24) is 10.6 Å². The first kappa shape index (κ1) is 18.4. The molecule has 0 saturated carbocycles. The number of hydrogen-bond donors (Lipinski definition) is 4. The van der Waals surface area contributed by atoms with E-state index < -0.39 is 0 Å². The molecule has 1 aromatic heterocycles. The van der Waals surface area contributed by atoms with Crippen molar-refractivity contribution in [3.8, 4) is 0 Å². The summed E-state index contributed by atoms with van der Waals surface area (Å²) < 4.78 is 8.07. The van der Waals surface area contributed by atoms with Crippen LogP contribution in [0.5, 0.6) is 0 Å². The third kappa shape index (κ3) is 3.74. The van der Waals surface area contributed by atoms with Crippen molar-refractivity contribution in [2.75, 3.05) is 0 Å². The molecular weight excluding hydrogens is 488 g/mol. The van der Waals surface area contributed by atoms with Crippen molar-refractivity contribution >= 4 is 88.5 Å². The molecule has 0 aliphatic carbocycles. The first-order valence-corrected chi connectivity index (χ1v) is 9.66. The number of thiocarbonyl (C=S) groups is 2. The zero-order valence-corrected chi connectivity index (χ0v) is 17.7. The summed E-state index contributed by atoms with van der Waals surface area (Å²) in [4.78, 5) is 0. The largest absolute Gasteiger partial charge is 0.455 e. The number of hydrogen-bond acceptors (Lipinski definition) is 3. The van der Waals surface area contributed by atoms with Crippen molar-refractivity contribution < 1.29 is 4.42 Å². The predicted molar refractivity (Wildman–Crippen MR) is 116 cm³/mol. The zero-order valence-electron chi connectivity index (χ0n) is 12.9. The van der Waals surface area contributed by atoms with Gasteiger partial charge in [0.15, 0.2) is 10.2 Å². The van der Waals surface area contributed by atoms with Crippen molar-refractivity contribution in [3.63, 3.8) is 0 Å². The molecule has 5 nitrogen and oxygen atoms in total. The quantitative estimate of drug-likeness (QED) is 0.404. The van der Waals surface area contributed by atoms with Gasteiger partial charge in [-0.2, -0.15) is 0 Å². The first-order valence-electron chi connectivity index (χ1n) is 7.26. The van der Waals surface area contributed by atoms with Crippen LogP contribution < -0.4 is 22.1 Å². The Bertz CT molecular complexity index is 925. The fourth-order valence-corrected chi connectivity index (χ4v) is 3.70. The van der Waals surface area contributed by atoms with Crippen LogP contribution in [0.2, 0.25) is 0 Å². The fourth-order valence-electron chi connectivity index (χ4n) is 2.65. The van der Waals surface area contributed by atoms with E-state index in [0.29, 0.717) is 13.1 Å². The Hall–Kier alpha value is -1.42. The molecule has 0 aliphatic rings. The van der Waals surface area contributed by atoms with Crippen LogP contribution >= 0.6 is 56.3 Å². The van der Waals surface area contributed by atoms with Crippen molar-refractivity contribution in [2.24, 2.45) is 11.5 Å². The molecule has 1 heterocycles. The smallest absolute Gasteiger partial charge is 0.163 e. The molecule has 25 heavy (non-hydrogen) atoms. The molecule has 0 unspecified atom stereocenters. The van der Waals surface area contributed by atoms with Crippen LogP contribution in [0.1, 0.15) is 11.1 Å². The number of halogens is 2. The predicted octanol–water partition coefficient (Wildman–Crippen LogP) is 3.78. The number of fused-ring (bicyclic) bond motifs is 3. The third-order valence-electron chi connectivity index (χ3n) is 3.78. The fraction of sp³-hybridized carbons (Fsp3) is 0.125. The lowest BCUT2D eigenvalue weighted by Gasteiger charge is -2.07. The van der Waals surface area contributed by atoms with Gasteiger partial charge in [0.2, 0.25) is 0 Å². The number of rotatable bonds is 4. The maximum Gasteiger partial charge on any atom is 0.163 e. The van der Waals surface area contributed by atoms with Gasteiger partial charge < -0.3 is 26.5 Å². The maximum atomic E-state index is 6.23. The lowest BCUT2D eigenvalue weighted by molar-refractivity contribution is 0.652. The molecule has 0 saturated heterocycles. The topological polar surface area (TPSA) is 89.2 Å². The molecule has 6 N–H and O–H groups in total. The summed E-state index contributed by atoms with van der Waals surface area (Å²) in [5, 5.41) is 8.45. The highest BCUT2D eigenvalue weighted by molar-refractivity contribution is 9.10. The molecule has 0 bridgehead atoms. The standard InChI is InChI=1S/C16H14Br2N4OS2/c17-11-3-1-7-8-2-4-12(18)10(6-22-16(20)25)14(8)23-13(7)9(11)5-21-15(19)24/h1-4H,5-6H2,(H3,19,21,24)(H3,20,22,25). The first-order chi connectivity index (χ1) is 11.9. The second kappa shape index (κ2) is 7.45. The van der Waals surface area contributed by atoms with E-state index in [2.05, 4.69) is 42.5 Å². The van der Waals surface area contributed by atoms with Crippen molar-refractivity contribution in [2.45, 2.75) is 13.1 Å². The Labute approximate surface area is 171 Å². The second-order valence-corrected chi connectivity index (χ2v) is 7.93. The van der Waals surface area contributed by atoms with Gasteiger partial charge in [0, 0.05) is 43.9 Å². The van der Waals surface area contributed by atoms with Gasteiger partial charge >= 0.3 is 0 Å². The SMILES string of the molecule is NC(=S)NCc1c(Br)ccc2c1oc1c(CNC(N)=S)c(Br)ccc12. The number of furan rings is 1. The molecule has 0 radical (unpaired) electrons. The van der Waals surface area contributed by atoms with Gasteiger partial charge in [-0.25, -0.2) is 0 Å². The Kier molecular flexibility index (Phi) is 5.47. The molecule has 0 spiro atoms. The molecular formula is C16H14Br2N4OS2. The van der Waals surface area contributed by atoms with Gasteiger partial charge in [-0.15, -0.1) is 0 Å². The molecule has 3 rings (SSSR count). The molecule has 0 amide bonds. The van der Waals surface area contributed by atoms with Crippen LogP contribution in [0.15, 0.2) is 37.6 Å². The van der Waals surface area contributed by atoms with E-state index in [4.69, 9.17) is 40.3 Å². The summed E-state index contributed by atoms with van der Waals surface area (Å²) in [6, 6.07) is 8.02. The summed E-state index contributed by atoms with van der Waals surface area (Å²) in [7, 11) is 0. The Morgan fingerprint density at radius 3 is 1.60 bits per heavy atom. The van der Waals surface area contributed by atoms with Crippen LogP contribution in [0.4, 0.5) is 0 Å². The van der Waals surface area contributed by atoms with Crippen LogP contribution in [-0.4, -0.2) is 10.2 Å². The highest BCUT2D eigenvalue weighted by Crippen LogP contribution is 2.38. The lowest BCUT2D eigenvalue weighted by atomic mass is 10.1. The summed E-state index contributed by atoms with van der Waals surface area (Å²) in [6.45, 7) is 0.934. The van der Waals surface area contributed by atoms with E-state index in [1.807, 2.05) is 24.3 Å². The molecule has 9 heteroatoms. The van der Waals surface area contributed by atoms with E-state index in [1.165, 1.54) is 0 Å². The van der Waals surface area contributed by atoms with Crippen molar-refractivity contribution in [3.05, 3.63) is 44.3 Å². The van der Waals surface area contributed by atoms with Gasteiger partial charge in [-0.1, -0.05) is 31.9 Å². The average molecular weight is 502 g/mol. The number of nitrogens with one attached hydrogen (secondary N) is 2. The highest BCUT2D eigenvalue weighted by Gasteiger charge is 2.17. The molecule has 0 fully saturated rings. The lowest BCUT2D eigenvalue weighted by Crippen LogP contribution is -2.28. The van der Waals surface area contributed by atoms with Crippen molar-refractivity contribution in [1.29, 1.82) is 0 Å². The van der Waals surface area contributed by atoms with Gasteiger partial charge in [0.05, 0.1) is 0 Å². The average Bonchev–Trinajstić information content (AvgIpc) is 2.91. The molecule has 0 aliphatic heterocycles. The van der Waals surface area contributed by atoms with Gasteiger partial charge in [0.25, 0.3) is 0 Å². The summed E-state index contributed by atoms with van der Waals surface area (Å²) in [6.07, 6.45) is 0. The normalized spacial score (nSPS) is 11.0. The van der Waals surface area contributed by atoms with E-state index >= 15 is 0 Å². The summed E-state index contributed by atoms with van der Waals surface area (Å²) in [5.74, 6) is 0. The van der Waals surface area contributed by atoms with Crippen LogP contribution in [0.3, 0.4) is 0 Å². The minimum atomic E-state index is 0.240. The van der Waals surface area contributed by atoms with Crippen LogP contribution in [0, 0.1) is 0 Å². The van der Waals surface area contributed by atoms with Crippen LogP contribution in [-0.2, 0) is 13.1 Å². The number of nitrogens with two attached hydrogens (primary N) is 2. The summed E-state index contributed by atoms with van der Waals surface area (Å²) in [5.41, 5.74) is 14.6. The van der Waals surface area contributed by atoms with Gasteiger partial charge in [-0.3, -0.25) is 0 Å². The molecule has 130 valence electrons. The van der Waals surface area contributed by atoms with E-state index in [9.17, 15) is 0 Å². The minimum absolute atomic E-state index is 0.240. The van der Waals surface area contributed by atoms with E-state index in [0.717, 1.165) is 42.0 Å². The molecule has 2 aromatic carbocycles. The molecule has 3 aromatic rings. The minimum Gasteiger partial charge on any atom is -0.455 e. The third-order valence-corrected chi connectivity index (χ3v) is 5.55. The maximum absolute atomic E-state index is 6.23. The Balaban J connectivity index is 2.20. The Morgan fingerprint density at radius 2 is 1.24 bits per heavy atom. The zero-order chi connectivity index (χ0) is 18.1. The van der Waals surface area contributed by atoms with E-state index in [1.54, 1.807) is 0 Å². The monoisotopic (exact) mass is 500 g/mol.